The van der Waals surface area contributed by atoms with E-state index in [9.17, 15) is 9.59 Å². The zero-order chi connectivity index (χ0) is 20.0. The maximum absolute atomic E-state index is 12.7. The van der Waals surface area contributed by atoms with Crippen molar-refractivity contribution in [2.75, 3.05) is 33.8 Å². The molecule has 1 heterocycles. The van der Waals surface area contributed by atoms with Crippen molar-refractivity contribution in [2.24, 2.45) is 0 Å². The van der Waals surface area contributed by atoms with Crippen LogP contribution in [-0.4, -0.2) is 72.7 Å². The quantitative estimate of drug-likeness (QED) is 0.718. The number of carboxylic acids is 1. The number of hydrogen-bond acceptors (Lipinski definition) is 5. The Balaban J connectivity index is 1.88. The van der Waals surface area contributed by atoms with E-state index < -0.39 is 5.97 Å². The molecule has 0 aliphatic carbocycles. The Labute approximate surface area is 161 Å². The van der Waals surface area contributed by atoms with Gasteiger partial charge in [0, 0.05) is 24.7 Å². The van der Waals surface area contributed by atoms with E-state index in [0.29, 0.717) is 0 Å². The van der Waals surface area contributed by atoms with Crippen molar-refractivity contribution < 1.29 is 19.4 Å². The van der Waals surface area contributed by atoms with Crippen LogP contribution in [0.5, 0.6) is 5.75 Å². The van der Waals surface area contributed by atoms with Crippen molar-refractivity contribution >= 4 is 11.9 Å². The van der Waals surface area contributed by atoms with Gasteiger partial charge >= 0.3 is 5.97 Å². The van der Waals surface area contributed by atoms with Gasteiger partial charge < -0.3 is 15.2 Å². The van der Waals surface area contributed by atoms with Gasteiger partial charge in [-0.15, -0.1) is 0 Å². The summed E-state index contributed by atoms with van der Waals surface area (Å²) in [5, 5.41) is 12.0. The molecule has 1 aliphatic heterocycles. The Kier molecular flexibility index (Phi) is 7.62. The zero-order valence-electron chi connectivity index (χ0n) is 16.6. The highest BCUT2D eigenvalue weighted by molar-refractivity contribution is 5.81. The Hall–Kier alpha value is -2.12. The van der Waals surface area contributed by atoms with Crippen molar-refractivity contribution in [1.82, 2.24) is 15.1 Å². The van der Waals surface area contributed by atoms with E-state index in [1.165, 1.54) is 0 Å². The van der Waals surface area contributed by atoms with Crippen LogP contribution < -0.4 is 10.1 Å². The molecule has 0 spiro atoms. The fourth-order valence-electron chi connectivity index (χ4n) is 3.66. The van der Waals surface area contributed by atoms with Crippen LogP contribution in [0.25, 0.3) is 0 Å². The fourth-order valence-corrected chi connectivity index (χ4v) is 3.66. The number of ether oxygens (including phenoxy) is 1. The number of likely N-dealkylation sites (tertiary alicyclic amines) is 1. The second-order valence-corrected chi connectivity index (χ2v) is 7.22. The highest BCUT2D eigenvalue weighted by Crippen LogP contribution is 2.25. The first-order chi connectivity index (χ1) is 12.8. The van der Waals surface area contributed by atoms with Crippen LogP contribution >= 0.6 is 0 Å². The Morgan fingerprint density at radius 3 is 2.52 bits per heavy atom. The number of hydrogen-bond donors (Lipinski definition) is 2. The number of nitrogens with zero attached hydrogens (tertiary/aromatic N) is 2. The monoisotopic (exact) mass is 377 g/mol. The minimum absolute atomic E-state index is 0.00857. The van der Waals surface area contributed by atoms with Crippen LogP contribution in [0.1, 0.15) is 38.3 Å². The molecule has 2 N–H and O–H groups in total. The van der Waals surface area contributed by atoms with Crippen molar-refractivity contribution in [1.29, 1.82) is 0 Å². The highest BCUT2D eigenvalue weighted by atomic mass is 16.5. The third-order valence-corrected chi connectivity index (χ3v) is 5.40. The summed E-state index contributed by atoms with van der Waals surface area (Å²) in [6, 6.07) is 7.56. The lowest BCUT2D eigenvalue weighted by Gasteiger charge is -2.38. The van der Waals surface area contributed by atoms with Gasteiger partial charge in [-0.05, 0) is 39.8 Å². The summed E-state index contributed by atoms with van der Waals surface area (Å²) in [5.41, 5.74) is 0.953. The number of carbonyl (C=O) groups is 2. The van der Waals surface area contributed by atoms with Crippen molar-refractivity contribution in [3.8, 4) is 5.75 Å². The lowest BCUT2D eigenvalue weighted by atomic mass is 10.0. The number of para-hydroxylation sites is 1. The molecule has 1 saturated heterocycles. The lowest BCUT2D eigenvalue weighted by Crippen LogP contribution is -2.51. The number of methoxy groups -OCH3 is 1. The van der Waals surface area contributed by atoms with E-state index in [1.54, 1.807) is 7.11 Å². The Bertz CT molecular complexity index is 644. The molecule has 0 saturated carbocycles. The van der Waals surface area contributed by atoms with Gasteiger partial charge in [0.15, 0.2) is 0 Å². The molecule has 0 aromatic heterocycles. The second kappa shape index (κ2) is 9.71. The summed E-state index contributed by atoms with van der Waals surface area (Å²) in [5.74, 6) is -0.0519. The fraction of sp³-hybridized carbons (Fsp3) is 0.600. The normalized spacial score (nSPS) is 18.1. The minimum atomic E-state index is -0.807. The largest absolute Gasteiger partial charge is 0.496 e. The van der Waals surface area contributed by atoms with Crippen molar-refractivity contribution in [2.45, 2.75) is 44.8 Å². The van der Waals surface area contributed by atoms with Gasteiger partial charge in [-0.1, -0.05) is 18.2 Å². The Morgan fingerprint density at radius 1 is 1.30 bits per heavy atom. The van der Waals surface area contributed by atoms with Crippen molar-refractivity contribution in [3.63, 3.8) is 0 Å². The predicted octanol–water partition coefficient (Wildman–Crippen LogP) is 1.74. The molecule has 1 fully saturated rings. The average Bonchev–Trinajstić information content (AvgIpc) is 2.66. The number of carboxylic acid groups (broad SMARTS) is 1. The molecular formula is C20H31N3O4. The molecule has 1 amide bonds. The molecule has 1 aliphatic rings. The lowest BCUT2D eigenvalue weighted by molar-refractivity contribution is -0.138. The molecule has 0 bridgehead atoms. The topological polar surface area (TPSA) is 82.1 Å². The molecule has 2 rings (SSSR count). The molecule has 27 heavy (non-hydrogen) atoms. The van der Waals surface area contributed by atoms with E-state index in [0.717, 1.165) is 37.2 Å². The first kappa shape index (κ1) is 21.2. The number of rotatable bonds is 8. The molecule has 2 unspecified atom stereocenters. The van der Waals surface area contributed by atoms with Crippen LogP contribution in [-0.2, 0) is 9.59 Å². The maximum Gasteiger partial charge on any atom is 0.317 e. The summed E-state index contributed by atoms with van der Waals surface area (Å²) in [6.07, 6.45) is 1.73. The van der Waals surface area contributed by atoms with Gasteiger partial charge in [0.25, 0.3) is 0 Å². The second-order valence-electron chi connectivity index (χ2n) is 7.22. The standard InChI is InChI=1S/C20H31N3O4/c1-14(17-7-5-6-8-18(17)27-4)21-20(26)15(2)23-11-9-16(10-12-23)22(3)13-19(24)25/h5-8,14-16H,9-13H2,1-4H3,(H,21,26)(H,24,25). The van der Waals surface area contributed by atoms with E-state index in [-0.39, 0.29) is 30.6 Å². The summed E-state index contributed by atoms with van der Waals surface area (Å²) in [4.78, 5) is 27.6. The zero-order valence-corrected chi connectivity index (χ0v) is 16.6. The smallest absolute Gasteiger partial charge is 0.317 e. The third kappa shape index (κ3) is 5.68. The van der Waals surface area contributed by atoms with Crippen LogP contribution in [0.15, 0.2) is 24.3 Å². The SMILES string of the molecule is COc1ccccc1C(C)NC(=O)C(C)N1CCC(N(C)CC(=O)O)CC1. The molecule has 2 atom stereocenters. The van der Waals surface area contributed by atoms with Gasteiger partial charge in [0.1, 0.15) is 5.75 Å². The van der Waals surface area contributed by atoms with Crippen molar-refractivity contribution in [3.05, 3.63) is 29.8 Å². The number of piperidine rings is 1. The Morgan fingerprint density at radius 2 is 1.93 bits per heavy atom. The summed E-state index contributed by atoms with van der Waals surface area (Å²) in [7, 11) is 3.47. The van der Waals surface area contributed by atoms with Crippen LogP contribution in [0, 0.1) is 0 Å². The van der Waals surface area contributed by atoms with Gasteiger partial charge in [-0.25, -0.2) is 0 Å². The number of likely N-dealkylation sites (N-methyl/N-ethyl adjacent to an activating group) is 1. The number of nitrogens with one attached hydrogen (secondary N) is 1. The molecule has 150 valence electrons. The van der Waals surface area contributed by atoms with E-state index in [4.69, 9.17) is 9.84 Å². The maximum atomic E-state index is 12.7. The minimum Gasteiger partial charge on any atom is -0.496 e. The third-order valence-electron chi connectivity index (χ3n) is 5.40. The van der Waals surface area contributed by atoms with Crippen LogP contribution in [0.4, 0.5) is 0 Å². The average molecular weight is 377 g/mol. The van der Waals surface area contributed by atoms with Crippen LogP contribution in [0.2, 0.25) is 0 Å². The molecule has 1 aromatic carbocycles. The summed E-state index contributed by atoms with van der Waals surface area (Å²) in [6.45, 7) is 5.50. The van der Waals surface area contributed by atoms with Gasteiger partial charge in [0.2, 0.25) is 5.91 Å². The number of amides is 1. The molecule has 7 heteroatoms. The van der Waals surface area contributed by atoms with Crippen LogP contribution in [0.3, 0.4) is 0 Å². The molecule has 1 aromatic rings. The van der Waals surface area contributed by atoms with Gasteiger partial charge in [-0.2, -0.15) is 0 Å². The first-order valence-corrected chi connectivity index (χ1v) is 9.42. The number of aliphatic carboxylic acids is 1. The summed E-state index contributed by atoms with van der Waals surface area (Å²) < 4.78 is 5.38. The number of carbonyl (C=O) groups excluding carboxylic acids is 1. The van der Waals surface area contributed by atoms with E-state index in [2.05, 4.69) is 10.2 Å². The highest BCUT2D eigenvalue weighted by Gasteiger charge is 2.29. The molecule has 0 radical (unpaired) electrons. The predicted molar refractivity (Wildman–Crippen MR) is 104 cm³/mol. The number of benzene rings is 1. The van der Waals surface area contributed by atoms with Gasteiger partial charge in [-0.3, -0.25) is 19.4 Å². The summed E-state index contributed by atoms with van der Waals surface area (Å²) >= 11 is 0. The molecule has 7 nitrogen and oxygen atoms in total. The first-order valence-electron chi connectivity index (χ1n) is 9.42. The van der Waals surface area contributed by atoms with E-state index in [1.807, 2.05) is 50.1 Å². The molecular weight excluding hydrogens is 346 g/mol. The van der Waals surface area contributed by atoms with E-state index >= 15 is 0 Å². The van der Waals surface area contributed by atoms with Gasteiger partial charge in [0.05, 0.1) is 25.7 Å².